The summed E-state index contributed by atoms with van der Waals surface area (Å²) in [7, 11) is -3.61. The molecule has 0 fully saturated rings. The fourth-order valence-corrected chi connectivity index (χ4v) is 14.6. The van der Waals surface area contributed by atoms with Crippen molar-refractivity contribution < 1.29 is 12.4 Å². The van der Waals surface area contributed by atoms with Crippen molar-refractivity contribution in [1.29, 1.82) is 0 Å². The van der Waals surface area contributed by atoms with Crippen LogP contribution in [0.15, 0.2) is 30.3 Å². The molecule has 5 heteroatoms. The molecular formula is C23H43O3PS. The van der Waals surface area contributed by atoms with Crippen LogP contribution in [0, 0.1) is 0 Å². The van der Waals surface area contributed by atoms with Gasteiger partial charge in [-0.25, -0.2) is 0 Å². The van der Waals surface area contributed by atoms with Crippen molar-refractivity contribution in [3.63, 3.8) is 0 Å². The van der Waals surface area contributed by atoms with Gasteiger partial charge in [0, 0.05) is 0 Å². The monoisotopic (exact) mass is 430 g/mol. The topological polar surface area (TPSA) is 43.4 Å². The Morgan fingerprint density at radius 1 is 0.714 bits per heavy atom. The first-order valence-electron chi connectivity index (χ1n) is 11.3. The summed E-state index contributed by atoms with van der Waals surface area (Å²) >= 11 is 0. The molecule has 1 aromatic carbocycles. The predicted octanol–water partition coefficient (Wildman–Crippen LogP) is 7.20. The number of unbranched alkanes of at least 4 members (excludes halogenated alkanes) is 4. The van der Waals surface area contributed by atoms with Crippen LogP contribution in [0.1, 0.15) is 84.6 Å². The van der Waals surface area contributed by atoms with Gasteiger partial charge in [0.1, 0.15) is 0 Å². The normalized spacial score (nSPS) is 13.9. The zero-order chi connectivity index (χ0) is 21.0. The summed E-state index contributed by atoms with van der Waals surface area (Å²) < 4.78 is 33.1. The van der Waals surface area contributed by atoms with E-state index in [1.807, 2.05) is 30.3 Å². The van der Waals surface area contributed by atoms with E-state index in [-0.39, 0.29) is 5.75 Å². The van der Waals surface area contributed by atoms with Crippen LogP contribution >= 0.6 is 6.83 Å². The van der Waals surface area contributed by atoms with Gasteiger partial charge in [-0.1, -0.05) is 0 Å². The summed E-state index contributed by atoms with van der Waals surface area (Å²) in [4.78, 5) is 0. The Bertz CT molecular complexity index is 600. The van der Waals surface area contributed by atoms with E-state index in [1.165, 1.54) is 0 Å². The first kappa shape index (κ1) is 25.6. The molecule has 0 N–H and O–H groups in total. The summed E-state index contributed by atoms with van der Waals surface area (Å²) in [5.41, 5.74) is 0.816. The van der Waals surface area contributed by atoms with Gasteiger partial charge in [-0.05, 0) is 0 Å². The molecular weight excluding hydrogens is 387 g/mol. The van der Waals surface area contributed by atoms with Gasteiger partial charge in [0.15, 0.2) is 0 Å². The zero-order valence-electron chi connectivity index (χ0n) is 18.7. The second-order valence-corrected chi connectivity index (χ2v) is 15.9. The van der Waals surface area contributed by atoms with Gasteiger partial charge in [0.25, 0.3) is 0 Å². The molecule has 0 atom stereocenters. The first-order valence-corrected chi connectivity index (χ1v) is 15.8. The molecule has 0 aliphatic heterocycles. The quantitative estimate of drug-likeness (QED) is 0.260. The Balaban J connectivity index is 3.32. The van der Waals surface area contributed by atoms with E-state index in [0.717, 1.165) is 81.6 Å². The van der Waals surface area contributed by atoms with Crippen LogP contribution in [0.25, 0.3) is 0 Å². The fourth-order valence-electron chi connectivity index (χ4n) is 4.18. The van der Waals surface area contributed by atoms with Crippen molar-refractivity contribution in [1.82, 2.24) is 0 Å². The molecule has 3 nitrogen and oxygen atoms in total. The van der Waals surface area contributed by atoms with Crippen molar-refractivity contribution in [2.75, 3.05) is 24.6 Å². The molecule has 0 spiro atoms. The SMILES string of the molecule is CCCCP(CCCC)(CCCC)(CCCC)OS(=O)(=O)Cc1ccccc1. The molecule has 0 unspecified atom stereocenters. The molecule has 28 heavy (non-hydrogen) atoms. The van der Waals surface area contributed by atoms with Crippen LogP contribution in [0.5, 0.6) is 0 Å². The molecule has 0 bridgehead atoms. The third kappa shape index (κ3) is 8.13. The number of hydrogen-bond acceptors (Lipinski definition) is 3. The average Bonchev–Trinajstić information content (AvgIpc) is 2.68. The molecule has 0 saturated heterocycles. The van der Waals surface area contributed by atoms with Gasteiger partial charge < -0.3 is 0 Å². The molecule has 1 aromatic rings. The van der Waals surface area contributed by atoms with E-state index < -0.39 is 16.9 Å². The molecule has 1 rings (SSSR count). The van der Waals surface area contributed by atoms with E-state index in [0.29, 0.717) is 0 Å². The third-order valence-corrected chi connectivity index (χ3v) is 14.9. The van der Waals surface area contributed by atoms with Crippen LogP contribution < -0.4 is 0 Å². The fraction of sp³-hybridized carbons (Fsp3) is 0.739. The van der Waals surface area contributed by atoms with Crippen molar-refractivity contribution in [3.05, 3.63) is 35.9 Å². The number of benzene rings is 1. The van der Waals surface area contributed by atoms with E-state index in [1.54, 1.807) is 0 Å². The predicted molar refractivity (Wildman–Crippen MR) is 126 cm³/mol. The molecule has 164 valence electrons. The Labute approximate surface area is 174 Å². The van der Waals surface area contributed by atoms with Crippen LogP contribution in [0.4, 0.5) is 0 Å². The third-order valence-electron chi connectivity index (χ3n) is 5.82. The Morgan fingerprint density at radius 2 is 1.11 bits per heavy atom. The van der Waals surface area contributed by atoms with Gasteiger partial charge in [0.2, 0.25) is 0 Å². The Kier molecular flexibility index (Phi) is 11.2. The van der Waals surface area contributed by atoms with Crippen molar-refractivity contribution >= 4 is 16.9 Å². The van der Waals surface area contributed by atoms with Crippen LogP contribution in [-0.4, -0.2) is 33.1 Å². The standard InChI is InChI=1S/C23H43O3PS/c1-5-9-18-27(19-10-6-2,20-11-7-3,21-12-8-4)26-28(24,25)22-23-16-14-13-15-17-23/h13-17H,5-12,18-22H2,1-4H3. The van der Waals surface area contributed by atoms with Gasteiger partial charge >= 0.3 is 175 Å². The van der Waals surface area contributed by atoms with E-state index in [2.05, 4.69) is 27.7 Å². The molecule has 0 radical (unpaired) electrons. The summed E-state index contributed by atoms with van der Waals surface area (Å²) in [6.07, 6.45) is 12.5. The second-order valence-electron chi connectivity index (χ2n) is 8.43. The van der Waals surface area contributed by atoms with Gasteiger partial charge in [-0.15, -0.1) is 0 Å². The molecule has 0 saturated carbocycles. The van der Waals surface area contributed by atoms with Crippen molar-refractivity contribution in [2.24, 2.45) is 0 Å². The van der Waals surface area contributed by atoms with Crippen LogP contribution in [0.2, 0.25) is 0 Å². The molecule has 0 aromatic heterocycles. The molecule has 0 aliphatic rings. The summed E-state index contributed by atoms with van der Waals surface area (Å²) in [5, 5.41) is 0. The number of rotatable bonds is 16. The minimum atomic E-state index is -3.61. The van der Waals surface area contributed by atoms with Crippen molar-refractivity contribution in [2.45, 2.75) is 84.8 Å². The maximum absolute atomic E-state index is 13.3. The number of hydrogen-bond donors (Lipinski definition) is 0. The van der Waals surface area contributed by atoms with Crippen molar-refractivity contribution in [3.8, 4) is 0 Å². The van der Waals surface area contributed by atoms with E-state index >= 15 is 0 Å². The van der Waals surface area contributed by atoms with E-state index in [4.69, 9.17) is 3.97 Å². The van der Waals surface area contributed by atoms with E-state index in [9.17, 15) is 8.42 Å². The summed E-state index contributed by atoms with van der Waals surface area (Å²) in [6, 6.07) is 9.47. The van der Waals surface area contributed by atoms with Gasteiger partial charge in [-0.3, -0.25) is 0 Å². The second kappa shape index (κ2) is 12.3. The molecule has 0 amide bonds. The Morgan fingerprint density at radius 3 is 1.46 bits per heavy atom. The average molecular weight is 431 g/mol. The maximum atomic E-state index is 13.3. The minimum absolute atomic E-state index is 0.0117. The first-order chi connectivity index (χ1) is 13.3. The van der Waals surface area contributed by atoms with Crippen LogP contribution in [0.3, 0.4) is 0 Å². The molecule has 0 heterocycles. The zero-order valence-corrected chi connectivity index (χ0v) is 20.4. The summed E-state index contributed by atoms with van der Waals surface area (Å²) in [6.45, 7) is 5.98. The summed E-state index contributed by atoms with van der Waals surface area (Å²) in [5.74, 6) is -0.0117. The van der Waals surface area contributed by atoms with Crippen LogP contribution in [-0.2, 0) is 19.8 Å². The molecule has 0 aliphatic carbocycles. The van der Waals surface area contributed by atoms with Gasteiger partial charge in [0.05, 0.1) is 0 Å². The van der Waals surface area contributed by atoms with Gasteiger partial charge in [-0.2, -0.15) is 0 Å². The Hall–Kier alpha value is -0.440.